The quantitative estimate of drug-likeness (QED) is 0.302. The third-order valence-electron chi connectivity index (χ3n) is 2.99. The molecule has 0 aliphatic carbocycles. The van der Waals surface area contributed by atoms with Crippen LogP contribution in [-0.2, 0) is 4.43 Å². The molecule has 0 heterocycles. The summed E-state index contributed by atoms with van der Waals surface area (Å²) in [7, 11) is -1.56. The van der Waals surface area contributed by atoms with Gasteiger partial charge in [0.2, 0.25) is 0 Å². The van der Waals surface area contributed by atoms with Crippen LogP contribution in [0, 0.1) is 12.3 Å². The van der Waals surface area contributed by atoms with Crippen molar-refractivity contribution >= 4 is 8.32 Å². The van der Waals surface area contributed by atoms with Crippen LogP contribution < -0.4 is 0 Å². The lowest BCUT2D eigenvalue weighted by Crippen LogP contribution is -2.40. The molecule has 2 heteroatoms. The van der Waals surface area contributed by atoms with Crippen LogP contribution in [0.25, 0.3) is 0 Å². The minimum atomic E-state index is -1.56. The highest BCUT2D eigenvalue weighted by Crippen LogP contribution is 2.36. The van der Waals surface area contributed by atoms with Crippen molar-refractivity contribution < 1.29 is 4.43 Å². The van der Waals surface area contributed by atoms with Crippen LogP contribution in [0.1, 0.15) is 27.2 Å². The first-order valence-electron chi connectivity index (χ1n) is 5.73. The highest BCUT2D eigenvalue weighted by atomic mass is 28.4. The molecule has 0 atom stereocenters. The molecule has 0 rings (SSSR count). The number of hydrogen-bond donors (Lipinski definition) is 0. The lowest BCUT2D eigenvalue weighted by atomic mass is 10.2. The zero-order valence-electron chi connectivity index (χ0n) is 11.2. The van der Waals surface area contributed by atoms with Crippen LogP contribution in [-0.4, -0.2) is 14.9 Å². The normalized spacial score (nSPS) is 13.5. The molecule has 0 aromatic heterocycles. The number of allylic oxidation sites excluding steroid dienone is 3. The summed E-state index contributed by atoms with van der Waals surface area (Å²) in [6, 6.07) is 0. The first kappa shape index (κ1) is 15.2. The van der Waals surface area contributed by atoms with Gasteiger partial charge in [-0.25, -0.2) is 0 Å². The summed E-state index contributed by atoms with van der Waals surface area (Å²) in [4.78, 5) is 0. The van der Waals surface area contributed by atoms with E-state index < -0.39 is 8.32 Å². The summed E-state index contributed by atoms with van der Waals surface area (Å²) >= 11 is 0. The first-order valence-corrected chi connectivity index (χ1v) is 8.64. The van der Waals surface area contributed by atoms with Crippen molar-refractivity contribution in [3.8, 4) is 12.3 Å². The second-order valence-electron chi connectivity index (χ2n) is 5.35. The van der Waals surface area contributed by atoms with E-state index in [1.165, 1.54) is 0 Å². The molecule has 0 aliphatic heterocycles. The molecule has 1 nitrogen and oxygen atoms in total. The van der Waals surface area contributed by atoms with E-state index in [2.05, 4.69) is 45.9 Å². The van der Waals surface area contributed by atoms with Crippen molar-refractivity contribution in [1.82, 2.24) is 0 Å². The van der Waals surface area contributed by atoms with Gasteiger partial charge in [0.1, 0.15) is 0 Å². The Kier molecular flexibility index (Phi) is 6.40. The number of terminal acetylenes is 1. The summed E-state index contributed by atoms with van der Waals surface area (Å²) in [5.41, 5.74) is 0. The largest absolute Gasteiger partial charge is 0.417 e. The van der Waals surface area contributed by atoms with E-state index >= 15 is 0 Å². The zero-order valence-corrected chi connectivity index (χ0v) is 12.2. The molecule has 0 N–H and O–H groups in total. The van der Waals surface area contributed by atoms with Crippen LogP contribution in [0.5, 0.6) is 0 Å². The summed E-state index contributed by atoms with van der Waals surface area (Å²) in [5, 5.41) is 0.292. The van der Waals surface area contributed by atoms with E-state index in [4.69, 9.17) is 10.8 Å². The lowest BCUT2D eigenvalue weighted by Gasteiger charge is -2.36. The Morgan fingerprint density at radius 3 is 2.38 bits per heavy atom. The Hall–Kier alpha value is -0.783. The lowest BCUT2D eigenvalue weighted by molar-refractivity contribution is 0.294. The topological polar surface area (TPSA) is 9.23 Å². The van der Waals surface area contributed by atoms with E-state index in [-0.39, 0.29) is 0 Å². The van der Waals surface area contributed by atoms with Crippen molar-refractivity contribution in [2.45, 2.75) is 45.3 Å². The molecule has 0 aliphatic rings. The van der Waals surface area contributed by atoms with E-state index in [1.54, 1.807) is 6.08 Å². The van der Waals surface area contributed by atoms with Crippen LogP contribution in [0.15, 0.2) is 24.3 Å². The second-order valence-corrected chi connectivity index (χ2v) is 10.2. The molecular formula is C14H24OSi. The van der Waals surface area contributed by atoms with Gasteiger partial charge in [0.25, 0.3) is 0 Å². The predicted octanol–water partition coefficient (Wildman–Crippen LogP) is 4.14. The van der Waals surface area contributed by atoms with E-state index in [9.17, 15) is 0 Å². The van der Waals surface area contributed by atoms with Crippen molar-refractivity contribution in [3.63, 3.8) is 0 Å². The van der Waals surface area contributed by atoms with E-state index in [0.717, 1.165) is 13.0 Å². The molecule has 0 aromatic rings. The van der Waals surface area contributed by atoms with Gasteiger partial charge < -0.3 is 4.43 Å². The fraction of sp³-hybridized carbons (Fsp3) is 0.571. The van der Waals surface area contributed by atoms with Gasteiger partial charge in [0.15, 0.2) is 8.32 Å². The van der Waals surface area contributed by atoms with Crippen molar-refractivity contribution in [2.24, 2.45) is 0 Å². The van der Waals surface area contributed by atoms with E-state index in [0.29, 0.717) is 5.04 Å². The van der Waals surface area contributed by atoms with Crippen LogP contribution >= 0.6 is 0 Å². The Balaban J connectivity index is 3.88. The maximum atomic E-state index is 6.02. The third kappa shape index (κ3) is 5.94. The monoisotopic (exact) mass is 236 g/mol. The standard InChI is InChI=1S/C14H24OSi/c1-7-8-9-10-11-12-13-15-16(5,6)14(2,3)4/h1,8-11H,12-13H2,2-6H3/b9-8+,11-10+. The summed E-state index contributed by atoms with van der Waals surface area (Å²) < 4.78 is 6.02. The van der Waals surface area contributed by atoms with Crippen molar-refractivity contribution in [1.29, 1.82) is 0 Å². The summed E-state index contributed by atoms with van der Waals surface area (Å²) in [6.45, 7) is 12.1. The van der Waals surface area contributed by atoms with Crippen LogP contribution in [0.4, 0.5) is 0 Å². The molecule has 0 aromatic carbocycles. The Morgan fingerprint density at radius 2 is 1.88 bits per heavy atom. The molecule has 0 radical (unpaired) electrons. The predicted molar refractivity (Wildman–Crippen MR) is 74.9 cm³/mol. The Labute approximate surface area is 102 Å². The molecule has 16 heavy (non-hydrogen) atoms. The van der Waals surface area contributed by atoms with Gasteiger partial charge in [-0.3, -0.25) is 0 Å². The van der Waals surface area contributed by atoms with Gasteiger partial charge in [-0.1, -0.05) is 44.9 Å². The Morgan fingerprint density at radius 1 is 1.25 bits per heavy atom. The van der Waals surface area contributed by atoms with Gasteiger partial charge in [-0.2, -0.15) is 0 Å². The van der Waals surface area contributed by atoms with Gasteiger partial charge in [0, 0.05) is 6.61 Å². The minimum absolute atomic E-state index is 0.292. The van der Waals surface area contributed by atoms with Crippen molar-refractivity contribution in [2.75, 3.05) is 6.61 Å². The summed E-state index contributed by atoms with van der Waals surface area (Å²) in [6.07, 6.45) is 13.6. The zero-order chi connectivity index (χ0) is 12.7. The molecule has 0 spiro atoms. The molecule has 0 amide bonds. The van der Waals surface area contributed by atoms with Gasteiger partial charge in [-0.15, -0.1) is 6.42 Å². The van der Waals surface area contributed by atoms with Crippen molar-refractivity contribution in [3.05, 3.63) is 24.3 Å². The molecule has 0 unspecified atom stereocenters. The molecule has 0 bridgehead atoms. The second kappa shape index (κ2) is 6.73. The maximum Gasteiger partial charge on any atom is 0.191 e. The highest BCUT2D eigenvalue weighted by Gasteiger charge is 2.36. The molecule has 0 fully saturated rings. The van der Waals surface area contributed by atoms with Crippen LogP contribution in [0.3, 0.4) is 0 Å². The number of hydrogen-bond acceptors (Lipinski definition) is 1. The molecule has 0 saturated carbocycles. The summed E-state index contributed by atoms with van der Waals surface area (Å²) in [5.74, 6) is 2.45. The molecular weight excluding hydrogens is 212 g/mol. The highest BCUT2D eigenvalue weighted by molar-refractivity contribution is 6.74. The number of rotatable bonds is 5. The molecule has 0 saturated heterocycles. The Bertz CT molecular complexity index is 287. The van der Waals surface area contributed by atoms with Gasteiger partial charge in [-0.05, 0) is 30.6 Å². The third-order valence-corrected chi connectivity index (χ3v) is 7.53. The average Bonchev–Trinajstić information content (AvgIpc) is 2.14. The maximum absolute atomic E-state index is 6.02. The SMILES string of the molecule is C#C/C=C/C=C/CCO[Si](C)(C)C(C)(C)C. The van der Waals surface area contributed by atoms with E-state index in [1.807, 2.05) is 12.2 Å². The fourth-order valence-electron chi connectivity index (χ4n) is 0.885. The van der Waals surface area contributed by atoms with Gasteiger partial charge >= 0.3 is 0 Å². The van der Waals surface area contributed by atoms with Gasteiger partial charge in [0.05, 0.1) is 0 Å². The van der Waals surface area contributed by atoms with Crippen LogP contribution in [0.2, 0.25) is 18.1 Å². The smallest absolute Gasteiger partial charge is 0.191 e. The fourth-order valence-corrected chi connectivity index (χ4v) is 1.95. The molecule has 90 valence electrons. The first-order chi connectivity index (χ1) is 7.31. The minimum Gasteiger partial charge on any atom is -0.417 e. The average molecular weight is 236 g/mol.